The fourth-order valence-electron chi connectivity index (χ4n) is 2.63. The van der Waals surface area contributed by atoms with Crippen molar-refractivity contribution in [3.8, 4) is 0 Å². The van der Waals surface area contributed by atoms with Crippen LogP contribution in [-0.4, -0.2) is 27.7 Å². The van der Waals surface area contributed by atoms with Gasteiger partial charge in [0.05, 0.1) is 12.6 Å². The smallest absolute Gasteiger partial charge is 0.298 e. The number of hydrogen-bond donors (Lipinski definition) is 0. The van der Waals surface area contributed by atoms with E-state index in [0.29, 0.717) is 0 Å². The molecule has 0 atom stereocenters. The molecule has 3 rings (SSSR count). The molecule has 22 heavy (non-hydrogen) atoms. The molecule has 1 aliphatic rings. The van der Waals surface area contributed by atoms with Crippen molar-refractivity contribution in [2.75, 3.05) is 7.05 Å². The lowest BCUT2D eigenvalue weighted by molar-refractivity contribution is -0.370. The molecule has 0 aliphatic heterocycles. The van der Waals surface area contributed by atoms with Gasteiger partial charge in [-0.3, -0.25) is 0 Å². The molecule has 0 saturated heterocycles. The second kappa shape index (κ2) is 5.60. The van der Waals surface area contributed by atoms with E-state index in [1.807, 2.05) is 51.4 Å². The minimum atomic E-state index is 0.932. The van der Waals surface area contributed by atoms with Crippen molar-refractivity contribution in [2.45, 2.75) is 6.92 Å². The summed E-state index contributed by atoms with van der Waals surface area (Å²) in [4.78, 5) is 4.79. The van der Waals surface area contributed by atoms with Crippen molar-refractivity contribution in [3.63, 3.8) is 0 Å². The number of hydrogen-bond acceptors (Lipinski definition) is 1. The number of aromatic nitrogens is 1. The molecule has 0 amide bonds. The normalized spacial score (nSPS) is 17.4. The maximum Gasteiger partial charge on any atom is 0.298 e. The van der Waals surface area contributed by atoms with Crippen molar-refractivity contribution < 1.29 is 4.58 Å². The van der Waals surface area contributed by atoms with Crippen LogP contribution >= 0.6 is 0 Å². The molecular formula is C19H20N3+. The van der Waals surface area contributed by atoms with Crippen LogP contribution in [0.25, 0.3) is 10.9 Å². The number of aryl methyl sites for hydroxylation is 1. The number of aliphatic imine (C=N–C) groups is 1. The van der Waals surface area contributed by atoms with E-state index in [9.17, 15) is 0 Å². The molecule has 2 aromatic rings. The molecule has 0 unspecified atom stereocenters. The number of rotatable bonds is 1. The van der Waals surface area contributed by atoms with Crippen molar-refractivity contribution in [3.05, 3.63) is 66.8 Å². The topological polar surface area (TPSA) is 20.3 Å². The maximum atomic E-state index is 4.79. The van der Waals surface area contributed by atoms with Crippen LogP contribution in [-0.2, 0) is 7.05 Å². The van der Waals surface area contributed by atoms with Gasteiger partial charge in [-0.1, -0.05) is 43.0 Å². The Bertz CT molecular complexity index is 873. The van der Waals surface area contributed by atoms with Gasteiger partial charge in [0.1, 0.15) is 5.71 Å². The van der Waals surface area contributed by atoms with E-state index in [1.165, 1.54) is 10.9 Å². The van der Waals surface area contributed by atoms with Crippen LogP contribution in [0.4, 0.5) is 5.82 Å². The first-order valence-electron chi connectivity index (χ1n) is 7.32. The Labute approximate surface area is 130 Å². The lowest BCUT2D eigenvalue weighted by Crippen LogP contribution is -2.22. The summed E-state index contributed by atoms with van der Waals surface area (Å²) in [6.07, 6.45) is 8.08. The van der Waals surface area contributed by atoms with Gasteiger partial charge in [0, 0.05) is 31.0 Å². The monoisotopic (exact) mass is 290 g/mol. The van der Waals surface area contributed by atoms with Gasteiger partial charge in [-0.25, -0.2) is 4.58 Å². The van der Waals surface area contributed by atoms with E-state index < -0.39 is 0 Å². The van der Waals surface area contributed by atoms with E-state index >= 15 is 0 Å². The fraction of sp³-hybridized carbons (Fsp3) is 0.158. The van der Waals surface area contributed by atoms with Crippen LogP contribution in [0.5, 0.6) is 0 Å². The van der Waals surface area contributed by atoms with Gasteiger partial charge in [0.2, 0.25) is 5.82 Å². The second-order valence-electron chi connectivity index (χ2n) is 5.47. The number of benzene rings is 1. The summed E-state index contributed by atoms with van der Waals surface area (Å²) in [7, 11) is 4.06. The van der Waals surface area contributed by atoms with Gasteiger partial charge in [-0.05, 0) is 17.1 Å². The SMILES string of the molecule is C=C1C=CC=C/C1=[N+](C)/C(C)=N/c1cc2ccccc2n1C. The second-order valence-corrected chi connectivity index (χ2v) is 5.47. The zero-order chi connectivity index (χ0) is 15.7. The van der Waals surface area contributed by atoms with Gasteiger partial charge in [-0.15, -0.1) is 0 Å². The molecule has 110 valence electrons. The van der Waals surface area contributed by atoms with Gasteiger partial charge in [0.15, 0.2) is 0 Å². The van der Waals surface area contributed by atoms with E-state index in [4.69, 9.17) is 4.99 Å². The Balaban J connectivity index is 2.05. The highest BCUT2D eigenvalue weighted by atomic mass is 15.1. The molecular weight excluding hydrogens is 270 g/mol. The summed E-state index contributed by atoms with van der Waals surface area (Å²) in [5.41, 5.74) is 3.26. The highest BCUT2D eigenvalue weighted by molar-refractivity contribution is 6.09. The number of allylic oxidation sites excluding steroid dienone is 5. The maximum absolute atomic E-state index is 4.79. The summed E-state index contributed by atoms with van der Waals surface area (Å²) in [6, 6.07) is 10.4. The van der Waals surface area contributed by atoms with Crippen LogP contribution in [0, 0.1) is 0 Å². The van der Waals surface area contributed by atoms with Crippen LogP contribution in [0.2, 0.25) is 0 Å². The molecule has 1 aromatic carbocycles. The van der Waals surface area contributed by atoms with Crippen molar-refractivity contribution in [1.29, 1.82) is 0 Å². The number of fused-ring (bicyclic) bond motifs is 1. The summed E-state index contributed by atoms with van der Waals surface area (Å²) in [5, 5.41) is 1.21. The largest absolute Gasteiger partial charge is 0.308 e. The van der Waals surface area contributed by atoms with Gasteiger partial charge in [0.25, 0.3) is 5.84 Å². The summed E-state index contributed by atoms with van der Waals surface area (Å²) in [6.45, 7) is 6.10. The van der Waals surface area contributed by atoms with E-state index in [0.717, 1.165) is 22.9 Å². The van der Waals surface area contributed by atoms with Crippen molar-refractivity contribution in [1.82, 2.24) is 4.57 Å². The first-order chi connectivity index (χ1) is 10.6. The molecule has 0 radical (unpaired) electrons. The molecule has 1 aliphatic carbocycles. The Kier molecular flexibility index (Phi) is 3.63. The van der Waals surface area contributed by atoms with Crippen LogP contribution < -0.4 is 0 Å². The van der Waals surface area contributed by atoms with Crippen molar-refractivity contribution >= 4 is 28.3 Å². The molecule has 0 spiro atoms. The van der Waals surface area contributed by atoms with Crippen LogP contribution in [0.1, 0.15) is 6.92 Å². The Morgan fingerprint density at radius 1 is 1.18 bits per heavy atom. The minimum Gasteiger partial charge on any atom is -0.308 e. The average molecular weight is 290 g/mol. The standard InChI is InChI=1S/C19H20N3/c1-14-9-5-7-11-17(14)21(3)15(2)20-19-13-16-10-6-8-12-18(16)22(19)4/h5-13H,1H2,2-4H3/q+1/b20-15+,21-17-. The summed E-state index contributed by atoms with van der Waals surface area (Å²) >= 11 is 0. The lowest BCUT2D eigenvalue weighted by atomic mass is 10.1. The number of nitrogens with zero attached hydrogens (tertiary/aromatic N) is 3. The predicted molar refractivity (Wildman–Crippen MR) is 94.3 cm³/mol. The lowest BCUT2D eigenvalue weighted by Gasteiger charge is -2.07. The first-order valence-corrected chi connectivity index (χ1v) is 7.32. The highest BCUT2D eigenvalue weighted by Gasteiger charge is 2.15. The zero-order valence-corrected chi connectivity index (χ0v) is 13.2. The summed E-state index contributed by atoms with van der Waals surface area (Å²) in [5.74, 6) is 1.88. The minimum absolute atomic E-state index is 0.932. The van der Waals surface area contributed by atoms with E-state index in [-0.39, 0.29) is 0 Å². The van der Waals surface area contributed by atoms with Crippen LogP contribution in [0.15, 0.2) is 71.8 Å². The molecule has 1 aromatic heterocycles. The highest BCUT2D eigenvalue weighted by Crippen LogP contribution is 2.24. The molecule has 3 heteroatoms. The van der Waals surface area contributed by atoms with Crippen LogP contribution in [0.3, 0.4) is 0 Å². The molecule has 0 fully saturated rings. The fourth-order valence-corrected chi connectivity index (χ4v) is 2.63. The Morgan fingerprint density at radius 3 is 2.64 bits per heavy atom. The number of amidine groups is 1. The van der Waals surface area contributed by atoms with Gasteiger partial charge >= 0.3 is 0 Å². The Hall–Kier alpha value is -2.68. The molecule has 1 heterocycles. The molecule has 0 saturated carbocycles. The average Bonchev–Trinajstić information content (AvgIpc) is 2.84. The molecule has 0 bridgehead atoms. The van der Waals surface area contributed by atoms with E-state index in [1.54, 1.807) is 0 Å². The zero-order valence-electron chi connectivity index (χ0n) is 13.2. The Morgan fingerprint density at radius 2 is 1.91 bits per heavy atom. The van der Waals surface area contributed by atoms with Crippen molar-refractivity contribution in [2.24, 2.45) is 12.0 Å². The summed E-state index contributed by atoms with van der Waals surface area (Å²) < 4.78 is 4.18. The quantitative estimate of drug-likeness (QED) is 0.430. The molecule has 0 N–H and O–H groups in total. The third-order valence-corrected chi connectivity index (χ3v) is 4.04. The van der Waals surface area contributed by atoms with E-state index in [2.05, 4.69) is 40.0 Å². The third-order valence-electron chi connectivity index (χ3n) is 4.04. The third kappa shape index (κ3) is 2.46. The molecule has 3 nitrogen and oxygen atoms in total. The van der Waals surface area contributed by atoms with Gasteiger partial charge in [-0.2, -0.15) is 0 Å². The first kappa shape index (κ1) is 14.3. The predicted octanol–water partition coefficient (Wildman–Crippen LogP) is 3.99. The van der Waals surface area contributed by atoms with Gasteiger partial charge < -0.3 is 4.57 Å². The number of para-hydroxylation sites is 1.